The molecule has 114 valence electrons. The van der Waals surface area contributed by atoms with Gasteiger partial charge in [0.2, 0.25) is 12.3 Å². The van der Waals surface area contributed by atoms with Crippen molar-refractivity contribution >= 4 is 5.97 Å². The Hall–Kier alpha value is -1.16. The van der Waals surface area contributed by atoms with E-state index in [1.807, 2.05) is 0 Å². The third-order valence-corrected chi connectivity index (χ3v) is 2.02. The third-order valence-electron chi connectivity index (χ3n) is 2.02. The summed E-state index contributed by atoms with van der Waals surface area (Å²) in [6, 6.07) is 0. The van der Waals surface area contributed by atoms with E-state index >= 15 is 0 Å². The Kier molecular flexibility index (Phi) is 5.94. The summed E-state index contributed by atoms with van der Waals surface area (Å²) in [6.45, 7) is 0. The van der Waals surface area contributed by atoms with Crippen LogP contribution in [-0.4, -0.2) is 54.3 Å². The number of carboxylic acids is 1. The zero-order chi connectivity index (χ0) is 15.5. The predicted octanol–water partition coefficient (Wildman–Crippen LogP) is 2.66. The van der Waals surface area contributed by atoms with Crippen LogP contribution in [-0.2, 0) is 4.79 Å². The maximum Gasteiger partial charge on any atom is 0.422 e. The molecule has 11 heteroatoms. The first-order valence-electron chi connectivity index (χ1n) is 4.55. The van der Waals surface area contributed by atoms with Crippen LogP contribution >= 0.6 is 0 Å². The Morgan fingerprint density at radius 3 is 1.47 bits per heavy atom. The van der Waals surface area contributed by atoms with E-state index in [-0.39, 0.29) is 0 Å². The summed E-state index contributed by atoms with van der Waals surface area (Å²) in [6.07, 6.45) is -29.8. The fraction of sp³-hybridized carbons (Fsp3) is 0.875. The second kappa shape index (κ2) is 6.33. The summed E-state index contributed by atoms with van der Waals surface area (Å²) in [5.41, 5.74) is 0. The maximum atomic E-state index is 12.8. The number of alkyl halides is 9. The summed E-state index contributed by atoms with van der Waals surface area (Å²) in [7, 11) is 0. The van der Waals surface area contributed by atoms with Crippen LogP contribution in [0, 0.1) is 0 Å². The quantitative estimate of drug-likeness (QED) is 0.766. The number of carbonyl (C=O) groups is 1. The molecule has 0 heterocycles. The minimum atomic E-state index is -5.86. The molecule has 0 fully saturated rings. The molecule has 0 aromatic heterocycles. The van der Waals surface area contributed by atoms with Crippen molar-refractivity contribution in [2.45, 2.75) is 43.2 Å². The van der Waals surface area contributed by atoms with Crippen molar-refractivity contribution in [3.8, 4) is 0 Å². The number of rotatable bonds is 6. The Morgan fingerprint density at radius 2 is 1.16 bits per heavy atom. The molecule has 0 aliphatic carbocycles. The number of carboxylic acid groups (broad SMARTS) is 1. The van der Waals surface area contributed by atoms with E-state index in [2.05, 4.69) is 0 Å². The summed E-state index contributed by atoms with van der Waals surface area (Å²) in [4.78, 5) is 9.88. The van der Waals surface area contributed by atoms with Gasteiger partial charge in [0.05, 0.1) is 0 Å². The Balaban J connectivity index is 4.81. The molecule has 0 aliphatic heterocycles. The average molecular weight is 306 g/mol. The van der Waals surface area contributed by atoms with Crippen molar-refractivity contribution in [2.24, 2.45) is 0 Å². The minimum absolute atomic E-state index is 2.56. The molecule has 6 unspecified atom stereocenters. The van der Waals surface area contributed by atoms with Crippen molar-refractivity contribution in [3.63, 3.8) is 0 Å². The van der Waals surface area contributed by atoms with Gasteiger partial charge in [0.15, 0.2) is 24.7 Å². The van der Waals surface area contributed by atoms with Crippen molar-refractivity contribution in [2.75, 3.05) is 0 Å². The van der Waals surface area contributed by atoms with Gasteiger partial charge in [-0.05, 0) is 0 Å². The molecule has 0 saturated heterocycles. The molecule has 0 bridgehead atoms. The molecular formula is C8H7F9O2. The van der Waals surface area contributed by atoms with Crippen LogP contribution in [0.2, 0.25) is 0 Å². The largest absolute Gasteiger partial charge is 0.479 e. The monoisotopic (exact) mass is 306 g/mol. The minimum Gasteiger partial charge on any atom is -0.479 e. The topological polar surface area (TPSA) is 37.3 Å². The van der Waals surface area contributed by atoms with Crippen molar-refractivity contribution in [1.82, 2.24) is 0 Å². The first-order chi connectivity index (χ1) is 8.41. The molecule has 0 rings (SSSR count). The normalized spacial score (nSPS) is 22.2. The second-order valence-corrected chi connectivity index (χ2v) is 3.46. The molecule has 6 atom stereocenters. The van der Waals surface area contributed by atoms with Crippen LogP contribution in [0.15, 0.2) is 0 Å². The van der Waals surface area contributed by atoms with Crippen LogP contribution in [0.25, 0.3) is 0 Å². The number of halogens is 9. The highest BCUT2D eigenvalue weighted by Crippen LogP contribution is 2.32. The third kappa shape index (κ3) is 4.46. The standard InChI is InChI=1S/C8H7F9O2/c9-1(3(11)5(13)7(18)19)2(10)4(12)6(14)8(15,16)17/h1-6H,(H,18,19). The van der Waals surface area contributed by atoms with Gasteiger partial charge in [-0.3, -0.25) is 0 Å². The maximum absolute atomic E-state index is 12.8. The summed E-state index contributed by atoms with van der Waals surface area (Å²) >= 11 is 0. The van der Waals surface area contributed by atoms with Gasteiger partial charge >= 0.3 is 12.1 Å². The molecule has 2 nitrogen and oxygen atoms in total. The van der Waals surface area contributed by atoms with E-state index < -0.39 is 49.2 Å². The van der Waals surface area contributed by atoms with E-state index in [1.54, 1.807) is 0 Å². The first kappa shape index (κ1) is 17.8. The Morgan fingerprint density at radius 1 is 0.789 bits per heavy atom. The fourth-order valence-electron chi connectivity index (χ4n) is 0.991. The fourth-order valence-corrected chi connectivity index (χ4v) is 0.991. The predicted molar refractivity (Wildman–Crippen MR) is 43.1 cm³/mol. The van der Waals surface area contributed by atoms with E-state index in [0.29, 0.717) is 0 Å². The van der Waals surface area contributed by atoms with E-state index in [1.165, 1.54) is 0 Å². The van der Waals surface area contributed by atoms with Crippen LogP contribution in [0.5, 0.6) is 0 Å². The lowest BCUT2D eigenvalue weighted by atomic mass is 10.0. The lowest BCUT2D eigenvalue weighted by molar-refractivity contribution is -0.206. The summed E-state index contributed by atoms with van der Waals surface area (Å²) in [5.74, 6) is -2.56. The Bertz CT molecular complexity index is 307. The molecule has 0 spiro atoms. The molecule has 19 heavy (non-hydrogen) atoms. The molecule has 1 N–H and O–H groups in total. The highest BCUT2D eigenvalue weighted by atomic mass is 19.4. The highest BCUT2D eigenvalue weighted by molar-refractivity contribution is 5.73. The van der Waals surface area contributed by atoms with Crippen molar-refractivity contribution in [1.29, 1.82) is 0 Å². The van der Waals surface area contributed by atoms with Crippen LogP contribution in [0.1, 0.15) is 0 Å². The van der Waals surface area contributed by atoms with Crippen LogP contribution in [0.4, 0.5) is 39.5 Å². The number of hydrogen-bond donors (Lipinski definition) is 1. The second-order valence-electron chi connectivity index (χ2n) is 3.46. The van der Waals surface area contributed by atoms with Gasteiger partial charge < -0.3 is 5.11 Å². The van der Waals surface area contributed by atoms with Crippen LogP contribution < -0.4 is 0 Å². The first-order valence-corrected chi connectivity index (χ1v) is 4.55. The Labute approximate surface area is 99.7 Å². The van der Waals surface area contributed by atoms with Gasteiger partial charge in [-0.15, -0.1) is 0 Å². The SMILES string of the molecule is O=C(O)C(F)C(F)C(F)C(F)C(F)C(F)C(F)(F)F. The average Bonchev–Trinajstić information content (AvgIpc) is 2.31. The van der Waals surface area contributed by atoms with Gasteiger partial charge in [0.25, 0.3) is 0 Å². The number of hydrogen-bond acceptors (Lipinski definition) is 1. The molecular weight excluding hydrogens is 299 g/mol. The zero-order valence-corrected chi connectivity index (χ0v) is 8.72. The molecule has 0 aliphatic rings. The molecule has 0 aromatic rings. The summed E-state index contributed by atoms with van der Waals surface area (Å²) < 4.78 is 110. The molecule has 0 aromatic carbocycles. The zero-order valence-electron chi connectivity index (χ0n) is 8.72. The molecule has 0 amide bonds. The van der Waals surface area contributed by atoms with E-state index in [4.69, 9.17) is 5.11 Å². The van der Waals surface area contributed by atoms with Crippen molar-refractivity contribution in [3.05, 3.63) is 0 Å². The highest BCUT2D eigenvalue weighted by Gasteiger charge is 2.53. The van der Waals surface area contributed by atoms with E-state index in [9.17, 15) is 44.3 Å². The summed E-state index contributed by atoms with van der Waals surface area (Å²) in [5, 5.41) is 7.91. The van der Waals surface area contributed by atoms with Gasteiger partial charge in [0.1, 0.15) is 0 Å². The lowest BCUT2D eigenvalue weighted by Gasteiger charge is -2.24. The van der Waals surface area contributed by atoms with Crippen molar-refractivity contribution < 1.29 is 49.4 Å². The number of aliphatic carboxylic acids is 1. The van der Waals surface area contributed by atoms with E-state index in [0.717, 1.165) is 0 Å². The molecule has 0 radical (unpaired) electrons. The van der Waals surface area contributed by atoms with Gasteiger partial charge in [-0.2, -0.15) is 13.2 Å². The lowest BCUT2D eigenvalue weighted by Crippen LogP contribution is -2.47. The smallest absolute Gasteiger partial charge is 0.422 e. The van der Waals surface area contributed by atoms with Gasteiger partial charge in [-0.1, -0.05) is 0 Å². The molecule has 0 saturated carbocycles. The van der Waals surface area contributed by atoms with Crippen LogP contribution in [0.3, 0.4) is 0 Å². The van der Waals surface area contributed by atoms with Gasteiger partial charge in [0, 0.05) is 0 Å². The van der Waals surface area contributed by atoms with Gasteiger partial charge in [-0.25, -0.2) is 31.1 Å².